The molecular formula is C19H20Cl2FN3O3. The highest BCUT2D eigenvalue weighted by molar-refractivity contribution is 6.48. The van der Waals surface area contributed by atoms with Crippen LogP contribution < -0.4 is 10.6 Å². The Bertz CT molecular complexity index is 978. The molecule has 2 N–H and O–H groups in total. The minimum absolute atomic E-state index is 0.0384. The second kappa shape index (κ2) is 7.93. The van der Waals surface area contributed by atoms with Gasteiger partial charge in [-0.05, 0) is 45.9 Å². The van der Waals surface area contributed by atoms with Crippen LogP contribution in [0.2, 0.25) is 10.0 Å². The summed E-state index contributed by atoms with van der Waals surface area (Å²) in [6.07, 6.45) is 0. The SMILES string of the molecule is Cc1c(C(=O)Nc2ccc(F)c(Cl)c2)c(Cl)c(C(=O)C(=O)NC(C)(C)C)n1C. The molecule has 28 heavy (non-hydrogen) atoms. The Morgan fingerprint density at radius 1 is 1.14 bits per heavy atom. The maximum Gasteiger partial charge on any atom is 0.294 e. The molecule has 2 rings (SSSR count). The number of aromatic nitrogens is 1. The van der Waals surface area contributed by atoms with Gasteiger partial charge >= 0.3 is 0 Å². The van der Waals surface area contributed by atoms with E-state index in [-0.39, 0.29) is 27.0 Å². The molecule has 0 radical (unpaired) electrons. The number of Topliss-reactive ketones (excluding diaryl/α,β-unsaturated/α-hetero) is 1. The number of anilines is 1. The van der Waals surface area contributed by atoms with Gasteiger partial charge in [0.25, 0.3) is 17.6 Å². The molecule has 0 atom stereocenters. The quantitative estimate of drug-likeness (QED) is 0.568. The number of carbonyl (C=O) groups is 3. The number of nitrogens with zero attached hydrogens (tertiary/aromatic N) is 1. The van der Waals surface area contributed by atoms with E-state index in [0.29, 0.717) is 5.69 Å². The van der Waals surface area contributed by atoms with Crippen molar-refractivity contribution in [1.82, 2.24) is 9.88 Å². The van der Waals surface area contributed by atoms with Crippen LogP contribution in [0.1, 0.15) is 47.3 Å². The number of nitrogens with one attached hydrogen (secondary N) is 2. The predicted molar refractivity (Wildman–Crippen MR) is 107 cm³/mol. The molecular weight excluding hydrogens is 408 g/mol. The average molecular weight is 428 g/mol. The topological polar surface area (TPSA) is 80.2 Å². The van der Waals surface area contributed by atoms with E-state index < -0.39 is 29.0 Å². The zero-order valence-electron chi connectivity index (χ0n) is 16.0. The minimum atomic E-state index is -0.852. The molecule has 1 heterocycles. The fourth-order valence-electron chi connectivity index (χ4n) is 2.55. The van der Waals surface area contributed by atoms with Crippen LogP contribution in [0.3, 0.4) is 0 Å². The van der Waals surface area contributed by atoms with E-state index in [4.69, 9.17) is 23.2 Å². The number of hydrogen-bond donors (Lipinski definition) is 2. The zero-order chi connectivity index (χ0) is 21.4. The monoisotopic (exact) mass is 427 g/mol. The van der Waals surface area contributed by atoms with Gasteiger partial charge in [0, 0.05) is 24.0 Å². The van der Waals surface area contributed by atoms with Gasteiger partial charge in [-0.2, -0.15) is 0 Å². The van der Waals surface area contributed by atoms with Gasteiger partial charge in [-0.3, -0.25) is 14.4 Å². The smallest absolute Gasteiger partial charge is 0.294 e. The summed E-state index contributed by atoms with van der Waals surface area (Å²) in [5.41, 5.74) is -0.0157. The Hall–Kier alpha value is -2.38. The molecule has 0 spiro atoms. The van der Waals surface area contributed by atoms with Crippen molar-refractivity contribution in [2.24, 2.45) is 7.05 Å². The minimum Gasteiger partial charge on any atom is -0.345 e. The van der Waals surface area contributed by atoms with Gasteiger partial charge in [0.1, 0.15) is 11.5 Å². The van der Waals surface area contributed by atoms with Crippen molar-refractivity contribution in [3.05, 3.63) is 51.0 Å². The summed E-state index contributed by atoms with van der Waals surface area (Å²) in [6, 6.07) is 3.71. The summed E-state index contributed by atoms with van der Waals surface area (Å²) in [5, 5.41) is 4.84. The molecule has 2 amide bonds. The summed E-state index contributed by atoms with van der Waals surface area (Å²) in [7, 11) is 1.53. The van der Waals surface area contributed by atoms with Crippen LogP contribution in [0.15, 0.2) is 18.2 Å². The van der Waals surface area contributed by atoms with E-state index in [0.717, 1.165) is 6.07 Å². The standard InChI is InChI=1S/C19H20Cl2FN3O3/c1-9-13(17(27)23-10-6-7-12(22)11(20)8-10)14(21)15(25(9)5)16(26)18(28)24-19(2,3)4/h6-8H,1-5H3,(H,23,27)(H,24,28). The van der Waals surface area contributed by atoms with Gasteiger partial charge in [-0.15, -0.1) is 0 Å². The van der Waals surface area contributed by atoms with Crippen molar-refractivity contribution < 1.29 is 18.8 Å². The van der Waals surface area contributed by atoms with E-state index in [2.05, 4.69) is 10.6 Å². The molecule has 0 bridgehead atoms. The maximum absolute atomic E-state index is 13.3. The molecule has 0 saturated heterocycles. The van der Waals surface area contributed by atoms with Crippen molar-refractivity contribution in [1.29, 1.82) is 0 Å². The molecule has 0 aliphatic rings. The molecule has 2 aromatic rings. The lowest BCUT2D eigenvalue weighted by Crippen LogP contribution is -2.44. The second-order valence-electron chi connectivity index (χ2n) is 7.30. The van der Waals surface area contributed by atoms with Crippen molar-refractivity contribution in [2.75, 3.05) is 5.32 Å². The van der Waals surface area contributed by atoms with Crippen molar-refractivity contribution in [3.63, 3.8) is 0 Å². The van der Waals surface area contributed by atoms with Crippen molar-refractivity contribution in [3.8, 4) is 0 Å². The molecule has 9 heteroatoms. The van der Waals surface area contributed by atoms with E-state index in [1.165, 1.54) is 23.7 Å². The molecule has 150 valence electrons. The van der Waals surface area contributed by atoms with Gasteiger partial charge in [-0.25, -0.2) is 4.39 Å². The Morgan fingerprint density at radius 3 is 2.29 bits per heavy atom. The van der Waals surface area contributed by atoms with Crippen LogP contribution in [0.5, 0.6) is 0 Å². The molecule has 1 aromatic carbocycles. The third-order valence-electron chi connectivity index (χ3n) is 3.94. The number of rotatable bonds is 4. The largest absolute Gasteiger partial charge is 0.345 e. The number of ketones is 1. The molecule has 1 aromatic heterocycles. The molecule has 6 nitrogen and oxygen atoms in total. The highest BCUT2D eigenvalue weighted by atomic mass is 35.5. The van der Waals surface area contributed by atoms with E-state index in [1.807, 2.05) is 0 Å². The first-order valence-corrected chi connectivity index (χ1v) is 9.07. The van der Waals surface area contributed by atoms with Crippen LogP contribution in [-0.2, 0) is 11.8 Å². The summed E-state index contributed by atoms with van der Waals surface area (Å²) < 4.78 is 14.7. The van der Waals surface area contributed by atoms with Gasteiger partial charge in [0.2, 0.25) is 0 Å². The van der Waals surface area contributed by atoms with Crippen molar-refractivity contribution in [2.45, 2.75) is 33.2 Å². The van der Waals surface area contributed by atoms with Crippen LogP contribution in [0.25, 0.3) is 0 Å². The third-order valence-corrected chi connectivity index (χ3v) is 4.60. The Labute approximate surface area is 172 Å². The lowest BCUT2D eigenvalue weighted by Gasteiger charge is -2.19. The first-order chi connectivity index (χ1) is 12.8. The van der Waals surface area contributed by atoms with Crippen LogP contribution >= 0.6 is 23.2 Å². The number of amides is 2. The predicted octanol–water partition coefficient (Wildman–Crippen LogP) is 4.13. The molecule has 0 fully saturated rings. The molecule has 0 aliphatic carbocycles. The fourth-order valence-corrected chi connectivity index (χ4v) is 3.16. The molecule has 0 saturated carbocycles. The summed E-state index contributed by atoms with van der Waals surface area (Å²) >= 11 is 12.0. The number of benzene rings is 1. The van der Waals surface area contributed by atoms with E-state index >= 15 is 0 Å². The van der Waals surface area contributed by atoms with Gasteiger partial charge < -0.3 is 15.2 Å². The fraction of sp³-hybridized carbons (Fsp3) is 0.316. The van der Waals surface area contributed by atoms with Crippen LogP contribution in [0.4, 0.5) is 10.1 Å². The van der Waals surface area contributed by atoms with Gasteiger partial charge in [0.05, 0.1) is 15.6 Å². The summed E-state index contributed by atoms with van der Waals surface area (Å²) in [4.78, 5) is 37.5. The number of halogens is 3. The highest BCUT2D eigenvalue weighted by Gasteiger charge is 2.31. The van der Waals surface area contributed by atoms with Crippen LogP contribution in [0, 0.1) is 12.7 Å². The Kier molecular flexibility index (Phi) is 6.21. The summed E-state index contributed by atoms with van der Waals surface area (Å²) in [6.45, 7) is 6.81. The lowest BCUT2D eigenvalue weighted by atomic mass is 10.1. The average Bonchev–Trinajstić information content (AvgIpc) is 2.78. The zero-order valence-corrected chi connectivity index (χ0v) is 17.5. The Balaban J connectivity index is 2.38. The maximum atomic E-state index is 13.3. The van der Waals surface area contributed by atoms with Gasteiger partial charge in [-0.1, -0.05) is 23.2 Å². The second-order valence-corrected chi connectivity index (χ2v) is 8.08. The van der Waals surface area contributed by atoms with Gasteiger partial charge in [0.15, 0.2) is 0 Å². The van der Waals surface area contributed by atoms with Crippen molar-refractivity contribution >= 4 is 46.5 Å². The van der Waals surface area contributed by atoms with E-state index in [1.54, 1.807) is 27.7 Å². The Morgan fingerprint density at radius 2 is 1.75 bits per heavy atom. The number of carbonyl (C=O) groups excluding carboxylic acids is 3. The highest BCUT2D eigenvalue weighted by Crippen LogP contribution is 2.29. The molecule has 0 aliphatic heterocycles. The normalized spacial score (nSPS) is 11.3. The summed E-state index contributed by atoms with van der Waals surface area (Å²) in [5.74, 6) is -2.91. The first kappa shape index (κ1) is 21.9. The first-order valence-electron chi connectivity index (χ1n) is 8.31. The van der Waals surface area contributed by atoms with Crippen LogP contribution in [-0.4, -0.2) is 27.7 Å². The molecule has 0 unspecified atom stereocenters. The van der Waals surface area contributed by atoms with E-state index in [9.17, 15) is 18.8 Å². The number of hydrogen-bond acceptors (Lipinski definition) is 3. The lowest BCUT2D eigenvalue weighted by molar-refractivity contribution is -0.118. The third kappa shape index (κ3) is 4.54.